The van der Waals surface area contributed by atoms with Gasteiger partial charge in [0.15, 0.2) is 5.78 Å². The van der Waals surface area contributed by atoms with Crippen LogP contribution >= 0.6 is 15.9 Å². The molecule has 2 aromatic rings. The van der Waals surface area contributed by atoms with Crippen molar-refractivity contribution in [3.8, 4) is 0 Å². The highest BCUT2D eigenvalue weighted by molar-refractivity contribution is 9.10. The van der Waals surface area contributed by atoms with Crippen molar-refractivity contribution in [3.63, 3.8) is 0 Å². The molecule has 0 aliphatic rings. The van der Waals surface area contributed by atoms with Crippen LogP contribution in [0.25, 0.3) is 0 Å². The Morgan fingerprint density at radius 2 is 2.00 bits per heavy atom. The number of carbonyl (C=O) groups excluding carboxylic acids is 1. The zero-order valence-corrected chi connectivity index (χ0v) is 13.0. The molecule has 2 rings (SSSR count). The van der Waals surface area contributed by atoms with Gasteiger partial charge in [-0.3, -0.25) is 18.7 Å². The summed E-state index contributed by atoms with van der Waals surface area (Å²) in [6, 6.07) is 4.47. The van der Waals surface area contributed by atoms with Crippen molar-refractivity contribution in [2.75, 3.05) is 0 Å². The first kappa shape index (κ1) is 15.4. The van der Waals surface area contributed by atoms with E-state index in [1.807, 2.05) is 0 Å². The Labute approximate surface area is 127 Å². The first-order valence-corrected chi connectivity index (χ1v) is 6.86. The highest BCUT2D eigenvalue weighted by Crippen LogP contribution is 2.15. The molecule has 0 radical (unpaired) electrons. The van der Waals surface area contributed by atoms with Crippen molar-refractivity contribution in [2.45, 2.75) is 13.5 Å². The number of aromatic nitrogens is 2. The number of halogens is 2. The van der Waals surface area contributed by atoms with Gasteiger partial charge >= 0.3 is 5.69 Å². The van der Waals surface area contributed by atoms with E-state index < -0.39 is 22.8 Å². The van der Waals surface area contributed by atoms with Crippen LogP contribution in [0.3, 0.4) is 0 Å². The summed E-state index contributed by atoms with van der Waals surface area (Å²) in [5.41, 5.74) is -1.07. The summed E-state index contributed by atoms with van der Waals surface area (Å²) in [6.45, 7) is 1.18. The summed E-state index contributed by atoms with van der Waals surface area (Å²) in [7, 11) is 1.28. The smallest absolute Gasteiger partial charge is 0.295 e. The summed E-state index contributed by atoms with van der Waals surface area (Å²) in [5, 5.41) is 0. The molecule has 0 aliphatic heterocycles. The minimum Gasteiger partial charge on any atom is -0.295 e. The average Bonchev–Trinajstić information content (AvgIpc) is 2.41. The molecule has 0 saturated carbocycles. The first-order chi connectivity index (χ1) is 9.81. The molecule has 110 valence electrons. The molecule has 21 heavy (non-hydrogen) atoms. The van der Waals surface area contributed by atoms with Gasteiger partial charge < -0.3 is 0 Å². The molecular formula is C14H12BrFN2O3. The maximum Gasteiger partial charge on any atom is 0.331 e. The van der Waals surface area contributed by atoms with Gasteiger partial charge in [-0.15, -0.1) is 0 Å². The number of ketones is 1. The second-order valence-corrected chi connectivity index (χ2v) is 5.53. The third-order valence-corrected chi connectivity index (χ3v) is 3.58. The zero-order valence-electron chi connectivity index (χ0n) is 11.4. The molecule has 5 nitrogen and oxygen atoms in total. The lowest BCUT2D eigenvalue weighted by atomic mass is 10.2. The van der Waals surface area contributed by atoms with Gasteiger partial charge in [-0.05, 0) is 19.1 Å². The molecule has 0 spiro atoms. The fourth-order valence-electron chi connectivity index (χ4n) is 1.91. The summed E-state index contributed by atoms with van der Waals surface area (Å²) in [4.78, 5) is 35.3. The molecule has 0 fully saturated rings. The normalized spacial score (nSPS) is 10.7. The lowest BCUT2D eigenvalue weighted by Gasteiger charge is -2.10. The predicted octanol–water partition coefficient (Wildman–Crippen LogP) is 1.70. The van der Waals surface area contributed by atoms with Crippen molar-refractivity contribution in [1.82, 2.24) is 9.13 Å². The number of Topliss-reactive ketones (excluding diaryl/α,β-unsaturated/α-hetero) is 1. The van der Waals surface area contributed by atoms with E-state index in [1.54, 1.807) is 6.07 Å². The van der Waals surface area contributed by atoms with Gasteiger partial charge in [-0.2, -0.15) is 0 Å². The molecule has 7 heteroatoms. The van der Waals surface area contributed by atoms with Crippen molar-refractivity contribution in [2.24, 2.45) is 7.05 Å². The van der Waals surface area contributed by atoms with Crippen LogP contribution in [0.15, 0.2) is 38.5 Å². The maximum atomic E-state index is 13.8. The first-order valence-electron chi connectivity index (χ1n) is 6.06. The quantitative estimate of drug-likeness (QED) is 0.788. The second kappa shape index (κ2) is 5.77. The minimum atomic E-state index is -0.653. The highest BCUT2D eigenvalue weighted by Gasteiger charge is 2.13. The third-order valence-electron chi connectivity index (χ3n) is 3.09. The summed E-state index contributed by atoms with van der Waals surface area (Å²) >= 11 is 3.15. The number of rotatable bonds is 3. The molecule has 0 N–H and O–H groups in total. The number of hydrogen-bond acceptors (Lipinski definition) is 3. The maximum absolute atomic E-state index is 13.8. The van der Waals surface area contributed by atoms with Gasteiger partial charge in [0.2, 0.25) is 0 Å². The van der Waals surface area contributed by atoms with Gasteiger partial charge in [-0.25, -0.2) is 9.18 Å². The van der Waals surface area contributed by atoms with Crippen molar-refractivity contribution < 1.29 is 9.18 Å². The Kier molecular flexibility index (Phi) is 4.22. The molecule has 0 atom stereocenters. The predicted molar refractivity (Wildman–Crippen MR) is 79.1 cm³/mol. The van der Waals surface area contributed by atoms with Crippen LogP contribution in [0.5, 0.6) is 0 Å². The molecule has 0 saturated heterocycles. The number of carbonyl (C=O) groups is 1. The van der Waals surface area contributed by atoms with E-state index in [0.29, 0.717) is 4.47 Å². The lowest BCUT2D eigenvalue weighted by molar-refractivity contribution is 0.101. The van der Waals surface area contributed by atoms with Gasteiger partial charge in [-0.1, -0.05) is 22.0 Å². The minimum absolute atomic E-state index is 0.0631. The summed E-state index contributed by atoms with van der Waals surface area (Å²) in [6.07, 6.45) is 1.18. The molecule has 0 unspecified atom stereocenters. The molecule has 1 aromatic heterocycles. The van der Waals surface area contributed by atoms with E-state index >= 15 is 0 Å². The SMILES string of the molecule is CC(=O)c1cn(Cc2ccc(Br)cc2F)c(=O)n(C)c1=O. The van der Waals surface area contributed by atoms with Gasteiger partial charge in [0.25, 0.3) is 5.56 Å². The standard InChI is InChI=1S/C14H12BrFN2O3/c1-8(19)11-7-18(14(21)17(2)13(11)20)6-9-3-4-10(15)5-12(9)16/h3-5,7H,6H2,1-2H3. The van der Waals surface area contributed by atoms with E-state index in [-0.39, 0.29) is 17.7 Å². The van der Waals surface area contributed by atoms with Gasteiger partial charge in [0, 0.05) is 23.3 Å². The Hall–Kier alpha value is -2.02. The van der Waals surface area contributed by atoms with Crippen LogP contribution in [0.1, 0.15) is 22.8 Å². The van der Waals surface area contributed by atoms with Crippen LogP contribution < -0.4 is 11.2 Å². The van der Waals surface area contributed by atoms with E-state index in [0.717, 1.165) is 9.13 Å². The molecular weight excluding hydrogens is 343 g/mol. The third kappa shape index (κ3) is 3.02. The second-order valence-electron chi connectivity index (χ2n) is 4.61. The summed E-state index contributed by atoms with van der Waals surface area (Å²) in [5.74, 6) is -0.921. The molecule has 0 aliphatic carbocycles. The van der Waals surface area contributed by atoms with Crippen LogP contribution in [0.2, 0.25) is 0 Å². The van der Waals surface area contributed by atoms with Crippen molar-refractivity contribution in [3.05, 3.63) is 66.7 Å². The fraction of sp³-hybridized carbons (Fsp3) is 0.214. The van der Waals surface area contributed by atoms with Crippen molar-refractivity contribution >= 4 is 21.7 Å². The molecule has 1 aromatic carbocycles. The van der Waals surface area contributed by atoms with E-state index in [4.69, 9.17) is 0 Å². The Morgan fingerprint density at radius 1 is 1.33 bits per heavy atom. The van der Waals surface area contributed by atoms with Crippen LogP contribution in [-0.4, -0.2) is 14.9 Å². The topological polar surface area (TPSA) is 61.1 Å². The number of hydrogen-bond donors (Lipinski definition) is 0. The molecule has 0 bridgehead atoms. The number of nitrogens with zero attached hydrogens (tertiary/aromatic N) is 2. The number of benzene rings is 1. The molecule has 1 heterocycles. The Balaban J connectivity index is 2.57. The van der Waals surface area contributed by atoms with Gasteiger partial charge in [0.1, 0.15) is 5.82 Å². The fourth-order valence-corrected chi connectivity index (χ4v) is 2.25. The summed E-state index contributed by atoms with van der Waals surface area (Å²) < 4.78 is 16.4. The van der Waals surface area contributed by atoms with Crippen LogP contribution in [0.4, 0.5) is 4.39 Å². The van der Waals surface area contributed by atoms with Crippen molar-refractivity contribution in [1.29, 1.82) is 0 Å². The van der Waals surface area contributed by atoms with Gasteiger partial charge in [0.05, 0.1) is 12.1 Å². The highest BCUT2D eigenvalue weighted by atomic mass is 79.9. The zero-order chi connectivity index (χ0) is 15.7. The van der Waals surface area contributed by atoms with E-state index in [9.17, 15) is 18.8 Å². The van der Waals surface area contributed by atoms with Crippen LogP contribution in [0, 0.1) is 5.82 Å². The van der Waals surface area contributed by atoms with E-state index in [2.05, 4.69) is 15.9 Å². The van der Waals surface area contributed by atoms with E-state index in [1.165, 1.54) is 32.3 Å². The monoisotopic (exact) mass is 354 g/mol. The largest absolute Gasteiger partial charge is 0.331 e. The van der Waals surface area contributed by atoms with Crippen LogP contribution in [-0.2, 0) is 13.6 Å². The molecule has 0 amide bonds. The Bertz CT molecular complexity index is 839. The Morgan fingerprint density at radius 3 is 2.57 bits per heavy atom. The lowest BCUT2D eigenvalue weighted by Crippen LogP contribution is -2.40. The average molecular weight is 355 g/mol.